The Morgan fingerprint density at radius 2 is 1.87 bits per heavy atom. The first-order chi connectivity index (χ1) is 18.2. The number of halogens is 3. The number of hydrogen-bond donors (Lipinski definition) is 4. The largest absolute Gasteiger partial charge is 0.487 e. The number of ether oxygens (including phenoxy) is 1. The molecule has 1 atom stereocenters. The predicted octanol–water partition coefficient (Wildman–Crippen LogP) is 5.01. The Kier molecular flexibility index (Phi) is 7.96. The number of carbonyl (C=O) groups excluding carboxylic acids is 1. The summed E-state index contributed by atoms with van der Waals surface area (Å²) in [4.78, 5) is 15.9. The van der Waals surface area contributed by atoms with Gasteiger partial charge in [-0.1, -0.05) is 49.4 Å². The molecule has 4 rings (SSSR count). The summed E-state index contributed by atoms with van der Waals surface area (Å²) in [5.74, 6) is -0.420. The average molecular weight is 545 g/mol. The van der Waals surface area contributed by atoms with Crippen LogP contribution in [0.1, 0.15) is 28.5 Å². The molecule has 2 heterocycles. The van der Waals surface area contributed by atoms with Crippen molar-refractivity contribution in [2.24, 2.45) is 5.73 Å². The fourth-order valence-electron chi connectivity index (χ4n) is 3.48. The standard InChI is InChI=1S/C25H23F3N6O3S/c1-2-38(36)34-17-12-11-16(13-18(17)37-14-15-7-4-3-5-8-15)22-21(23(29)35)24(33-32-22)31-20-10-6-9-19(30-20)25(26,27)28/h3-13,34H,2,14H2,1H3,(H2,29,35)(H2,30,31,32,33). The van der Waals surface area contributed by atoms with Gasteiger partial charge in [-0.15, -0.1) is 0 Å². The molecule has 0 saturated heterocycles. The number of amides is 1. The van der Waals surface area contributed by atoms with E-state index in [0.717, 1.165) is 11.6 Å². The monoisotopic (exact) mass is 544 g/mol. The van der Waals surface area contributed by atoms with E-state index in [0.29, 0.717) is 22.8 Å². The van der Waals surface area contributed by atoms with Crippen molar-refractivity contribution >= 4 is 34.2 Å². The molecule has 0 spiro atoms. The maximum Gasteiger partial charge on any atom is 0.433 e. The highest BCUT2D eigenvalue weighted by Crippen LogP contribution is 2.35. The molecule has 0 saturated carbocycles. The molecular weight excluding hydrogens is 521 g/mol. The molecule has 198 valence electrons. The van der Waals surface area contributed by atoms with Gasteiger partial charge in [-0.3, -0.25) is 9.89 Å². The molecule has 9 nitrogen and oxygen atoms in total. The topological polar surface area (TPSA) is 135 Å². The Morgan fingerprint density at radius 3 is 2.55 bits per heavy atom. The van der Waals surface area contributed by atoms with Gasteiger partial charge in [0.2, 0.25) is 0 Å². The number of alkyl halides is 3. The highest BCUT2D eigenvalue weighted by molar-refractivity contribution is 7.86. The van der Waals surface area contributed by atoms with Crippen LogP contribution in [0.4, 0.5) is 30.5 Å². The van der Waals surface area contributed by atoms with Crippen molar-refractivity contribution in [3.8, 4) is 17.0 Å². The summed E-state index contributed by atoms with van der Waals surface area (Å²) in [6.45, 7) is 1.98. The number of primary amides is 1. The molecular formula is C25H23F3N6O3S. The number of H-pyrrole nitrogens is 1. The summed E-state index contributed by atoms with van der Waals surface area (Å²) in [5, 5.41) is 9.38. The van der Waals surface area contributed by atoms with Crippen LogP contribution < -0.4 is 20.5 Å². The van der Waals surface area contributed by atoms with Crippen LogP contribution in [-0.2, 0) is 23.8 Å². The number of anilines is 3. The SMILES string of the molecule is CCS(=O)Nc1ccc(-c2[nH]nc(Nc3cccc(C(F)(F)F)n3)c2C(N)=O)cc1OCc1ccccc1. The van der Waals surface area contributed by atoms with Crippen molar-refractivity contribution in [3.05, 3.63) is 83.6 Å². The summed E-state index contributed by atoms with van der Waals surface area (Å²) in [5.41, 5.74) is 6.45. The number of rotatable bonds is 10. The zero-order chi connectivity index (χ0) is 27.3. The van der Waals surface area contributed by atoms with Gasteiger partial charge in [0.1, 0.15) is 40.4 Å². The number of pyridine rings is 1. The maximum atomic E-state index is 13.1. The summed E-state index contributed by atoms with van der Waals surface area (Å²) in [7, 11) is -1.35. The van der Waals surface area contributed by atoms with Gasteiger partial charge in [-0.2, -0.15) is 18.3 Å². The summed E-state index contributed by atoms with van der Waals surface area (Å²) >= 11 is 0. The number of hydrogen-bond acceptors (Lipinski definition) is 6. The highest BCUT2D eigenvalue weighted by atomic mass is 32.2. The third kappa shape index (κ3) is 6.29. The van der Waals surface area contributed by atoms with Crippen LogP contribution in [0.25, 0.3) is 11.3 Å². The van der Waals surface area contributed by atoms with E-state index in [9.17, 15) is 22.2 Å². The fraction of sp³-hybridized carbons (Fsp3) is 0.160. The van der Waals surface area contributed by atoms with E-state index in [1.165, 1.54) is 12.1 Å². The van der Waals surface area contributed by atoms with E-state index >= 15 is 0 Å². The molecule has 2 aromatic carbocycles. The van der Waals surface area contributed by atoms with Gasteiger partial charge in [0, 0.05) is 11.3 Å². The molecule has 1 amide bonds. The van der Waals surface area contributed by atoms with Crippen LogP contribution in [0.2, 0.25) is 0 Å². The summed E-state index contributed by atoms with van der Waals surface area (Å²) in [6.07, 6.45) is -4.64. The minimum Gasteiger partial charge on any atom is -0.487 e. The van der Waals surface area contributed by atoms with E-state index < -0.39 is 28.8 Å². The number of aromatic amines is 1. The van der Waals surface area contributed by atoms with Crippen LogP contribution in [0.3, 0.4) is 0 Å². The lowest BCUT2D eigenvalue weighted by Crippen LogP contribution is -2.14. The van der Waals surface area contributed by atoms with Gasteiger partial charge in [0.05, 0.1) is 11.4 Å². The number of benzene rings is 2. The molecule has 0 aliphatic heterocycles. The van der Waals surface area contributed by atoms with Gasteiger partial charge < -0.3 is 20.5 Å². The number of nitrogens with one attached hydrogen (secondary N) is 3. The van der Waals surface area contributed by atoms with E-state index in [1.807, 2.05) is 30.3 Å². The predicted molar refractivity (Wildman–Crippen MR) is 138 cm³/mol. The second-order valence-electron chi connectivity index (χ2n) is 7.94. The van der Waals surface area contributed by atoms with Crippen molar-refractivity contribution in [1.82, 2.24) is 15.2 Å². The molecule has 2 aromatic heterocycles. The lowest BCUT2D eigenvalue weighted by Gasteiger charge is -2.14. The van der Waals surface area contributed by atoms with E-state index in [4.69, 9.17) is 10.5 Å². The van der Waals surface area contributed by atoms with Crippen molar-refractivity contribution in [2.75, 3.05) is 15.8 Å². The van der Waals surface area contributed by atoms with Crippen LogP contribution >= 0.6 is 0 Å². The maximum absolute atomic E-state index is 13.1. The Morgan fingerprint density at radius 1 is 1.11 bits per heavy atom. The van der Waals surface area contributed by atoms with Crippen molar-refractivity contribution in [3.63, 3.8) is 0 Å². The quantitative estimate of drug-likeness (QED) is 0.222. The number of carbonyl (C=O) groups is 1. The Bertz CT molecular complexity index is 1460. The second-order valence-corrected chi connectivity index (χ2v) is 9.41. The van der Waals surface area contributed by atoms with Crippen molar-refractivity contribution in [1.29, 1.82) is 0 Å². The third-order valence-corrected chi connectivity index (χ3v) is 6.26. The van der Waals surface area contributed by atoms with Gasteiger partial charge in [-0.05, 0) is 29.8 Å². The first-order valence-corrected chi connectivity index (χ1v) is 12.6. The van der Waals surface area contributed by atoms with Crippen molar-refractivity contribution < 1.29 is 26.9 Å². The molecule has 1 unspecified atom stereocenters. The second kappa shape index (κ2) is 11.3. The smallest absolute Gasteiger partial charge is 0.433 e. The zero-order valence-electron chi connectivity index (χ0n) is 20.0. The minimum absolute atomic E-state index is 0.0870. The van der Waals surface area contributed by atoms with Gasteiger partial charge in [-0.25, -0.2) is 9.19 Å². The third-order valence-electron chi connectivity index (χ3n) is 5.29. The molecule has 0 aliphatic rings. The van der Waals surface area contributed by atoms with E-state index in [-0.39, 0.29) is 29.5 Å². The molecule has 5 N–H and O–H groups in total. The Balaban J connectivity index is 1.69. The number of aromatic nitrogens is 3. The molecule has 38 heavy (non-hydrogen) atoms. The highest BCUT2D eigenvalue weighted by Gasteiger charge is 2.32. The van der Waals surface area contributed by atoms with Crippen LogP contribution in [0.15, 0.2) is 66.7 Å². The van der Waals surface area contributed by atoms with Gasteiger partial charge in [0.15, 0.2) is 5.82 Å². The molecule has 4 aromatic rings. The minimum atomic E-state index is -4.64. The van der Waals surface area contributed by atoms with Crippen LogP contribution in [0.5, 0.6) is 5.75 Å². The van der Waals surface area contributed by atoms with Gasteiger partial charge >= 0.3 is 6.18 Å². The summed E-state index contributed by atoms with van der Waals surface area (Å²) < 4.78 is 60.2. The first-order valence-electron chi connectivity index (χ1n) is 11.3. The normalized spacial score (nSPS) is 12.1. The first kappa shape index (κ1) is 26.7. The van der Waals surface area contributed by atoms with E-state index in [1.54, 1.807) is 25.1 Å². The number of nitrogens with two attached hydrogens (primary N) is 1. The zero-order valence-corrected chi connectivity index (χ0v) is 20.8. The van der Waals surface area contributed by atoms with Gasteiger partial charge in [0.25, 0.3) is 5.91 Å². The van der Waals surface area contributed by atoms with Crippen LogP contribution in [0, 0.1) is 0 Å². The molecule has 0 bridgehead atoms. The molecule has 0 fully saturated rings. The Hall–Kier alpha value is -4.39. The molecule has 13 heteroatoms. The van der Waals surface area contributed by atoms with Crippen LogP contribution in [-0.4, -0.2) is 31.1 Å². The lowest BCUT2D eigenvalue weighted by atomic mass is 10.1. The summed E-state index contributed by atoms with van der Waals surface area (Å²) in [6, 6.07) is 17.6. The average Bonchev–Trinajstić information content (AvgIpc) is 3.32. The number of nitrogens with zero attached hydrogens (tertiary/aromatic N) is 2. The lowest BCUT2D eigenvalue weighted by molar-refractivity contribution is -0.141. The van der Waals surface area contributed by atoms with E-state index in [2.05, 4.69) is 25.2 Å². The Labute approximate surface area is 218 Å². The molecule has 0 radical (unpaired) electrons. The van der Waals surface area contributed by atoms with Crippen molar-refractivity contribution in [2.45, 2.75) is 19.7 Å². The fourth-order valence-corrected chi connectivity index (χ4v) is 4.03. The molecule has 0 aliphatic carbocycles.